The largest absolute Gasteiger partial charge is 0.481 e. The number of hydrogen-bond donors (Lipinski definition) is 1. The van der Waals surface area contributed by atoms with Gasteiger partial charge in [-0.1, -0.05) is 0 Å². The molecule has 0 amide bonds. The number of aromatic nitrogens is 2. The first-order valence-electron chi connectivity index (χ1n) is 3.51. The standard InChI is InChI=1S/C7H9IN2O2/c1-5-6(8)4-10(9-5)3-2-7(11)12/h4H,2-3H2,1H3,(H,11,12). The fourth-order valence-corrected chi connectivity index (χ4v) is 1.25. The molecule has 0 radical (unpaired) electrons. The normalized spacial score (nSPS) is 10.2. The Hall–Kier alpha value is -0.590. The maximum absolute atomic E-state index is 10.2. The van der Waals surface area contributed by atoms with Crippen LogP contribution in [0.3, 0.4) is 0 Å². The summed E-state index contributed by atoms with van der Waals surface area (Å²) in [6.07, 6.45) is 1.97. The van der Waals surface area contributed by atoms with E-state index in [9.17, 15) is 4.79 Å². The van der Waals surface area contributed by atoms with Crippen LogP contribution in [0.25, 0.3) is 0 Å². The summed E-state index contributed by atoms with van der Waals surface area (Å²) in [4.78, 5) is 10.2. The van der Waals surface area contributed by atoms with Gasteiger partial charge in [0.05, 0.1) is 22.2 Å². The minimum atomic E-state index is -0.793. The van der Waals surface area contributed by atoms with Crippen molar-refractivity contribution in [2.75, 3.05) is 0 Å². The van der Waals surface area contributed by atoms with Crippen molar-refractivity contribution in [1.29, 1.82) is 0 Å². The molecule has 0 aliphatic rings. The number of aryl methyl sites for hydroxylation is 2. The van der Waals surface area contributed by atoms with Crippen LogP contribution in [0.5, 0.6) is 0 Å². The van der Waals surface area contributed by atoms with Crippen LogP contribution < -0.4 is 0 Å². The number of carboxylic acids is 1. The molecule has 5 heteroatoms. The second-order valence-electron chi connectivity index (χ2n) is 2.47. The molecule has 0 bridgehead atoms. The number of carboxylic acid groups (broad SMARTS) is 1. The van der Waals surface area contributed by atoms with Crippen molar-refractivity contribution >= 4 is 28.6 Å². The van der Waals surface area contributed by atoms with E-state index in [0.29, 0.717) is 6.54 Å². The lowest BCUT2D eigenvalue weighted by atomic mass is 10.4. The number of halogens is 1. The number of carbonyl (C=O) groups is 1. The molecule has 0 aliphatic carbocycles. The number of rotatable bonds is 3. The molecule has 12 heavy (non-hydrogen) atoms. The average molecular weight is 280 g/mol. The Labute approximate surface area is 83.7 Å². The second kappa shape index (κ2) is 3.88. The summed E-state index contributed by atoms with van der Waals surface area (Å²) >= 11 is 2.17. The Morgan fingerprint density at radius 3 is 2.92 bits per heavy atom. The Balaban J connectivity index is 2.58. The highest BCUT2D eigenvalue weighted by atomic mass is 127. The van der Waals surface area contributed by atoms with E-state index in [1.54, 1.807) is 4.68 Å². The molecule has 0 spiro atoms. The quantitative estimate of drug-likeness (QED) is 0.848. The summed E-state index contributed by atoms with van der Waals surface area (Å²) in [6, 6.07) is 0. The average Bonchev–Trinajstić information content (AvgIpc) is 2.28. The molecule has 1 rings (SSSR count). The maximum Gasteiger partial charge on any atom is 0.305 e. The topological polar surface area (TPSA) is 55.1 Å². The van der Waals surface area contributed by atoms with Gasteiger partial charge in [-0.15, -0.1) is 0 Å². The van der Waals surface area contributed by atoms with E-state index in [1.807, 2.05) is 13.1 Å². The molecule has 1 aromatic rings. The van der Waals surface area contributed by atoms with Crippen molar-refractivity contribution in [1.82, 2.24) is 9.78 Å². The van der Waals surface area contributed by atoms with Crippen LogP contribution in [0, 0.1) is 10.5 Å². The molecule has 0 atom stereocenters. The van der Waals surface area contributed by atoms with E-state index in [4.69, 9.17) is 5.11 Å². The van der Waals surface area contributed by atoms with E-state index >= 15 is 0 Å². The van der Waals surface area contributed by atoms with E-state index < -0.39 is 5.97 Å². The van der Waals surface area contributed by atoms with E-state index in [1.165, 1.54) is 0 Å². The smallest absolute Gasteiger partial charge is 0.305 e. The minimum Gasteiger partial charge on any atom is -0.481 e. The Morgan fingerprint density at radius 2 is 2.50 bits per heavy atom. The van der Waals surface area contributed by atoms with Crippen molar-refractivity contribution < 1.29 is 9.90 Å². The van der Waals surface area contributed by atoms with Gasteiger partial charge in [0.15, 0.2) is 0 Å². The zero-order valence-electron chi connectivity index (χ0n) is 6.62. The van der Waals surface area contributed by atoms with Gasteiger partial charge >= 0.3 is 5.97 Å². The lowest BCUT2D eigenvalue weighted by Crippen LogP contribution is -2.04. The van der Waals surface area contributed by atoms with Crippen LogP contribution in [0.2, 0.25) is 0 Å². The molecule has 66 valence electrons. The molecule has 1 heterocycles. The molecule has 1 aromatic heterocycles. The second-order valence-corrected chi connectivity index (χ2v) is 3.63. The highest BCUT2D eigenvalue weighted by Crippen LogP contribution is 2.08. The third-order valence-electron chi connectivity index (χ3n) is 1.44. The molecular formula is C7H9IN2O2. The van der Waals surface area contributed by atoms with Gasteiger partial charge in [0.2, 0.25) is 0 Å². The lowest BCUT2D eigenvalue weighted by molar-refractivity contribution is -0.137. The summed E-state index contributed by atoms with van der Waals surface area (Å²) in [7, 11) is 0. The predicted octanol–water partition coefficient (Wildman–Crippen LogP) is 1.27. The molecule has 0 unspecified atom stereocenters. The van der Waals surface area contributed by atoms with Gasteiger partial charge in [-0.25, -0.2) is 0 Å². The first-order valence-corrected chi connectivity index (χ1v) is 4.59. The Kier molecular flexibility index (Phi) is 3.07. The van der Waals surface area contributed by atoms with Crippen molar-refractivity contribution in [2.24, 2.45) is 0 Å². The molecule has 0 fully saturated rings. The summed E-state index contributed by atoms with van der Waals surface area (Å²) < 4.78 is 2.73. The van der Waals surface area contributed by atoms with Gasteiger partial charge in [-0.3, -0.25) is 9.48 Å². The molecule has 0 saturated heterocycles. The fourth-order valence-electron chi connectivity index (χ4n) is 0.818. The first-order chi connectivity index (χ1) is 5.59. The van der Waals surface area contributed by atoms with Gasteiger partial charge < -0.3 is 5.11 Å². The summed E-state index contributed by atoms with van der Waals surface area (Å²) in [5.41, 5.74) is 0.945. The monoisotopic (exact) mass is 280 g/mol. The molecule has 0 saturated carbocycles. The Bertz CT molecular complexity index is 276. The number of hydrogen-bond acceptors (Lipinski definition) is 2. The van der Waals surface area contributed by atoms with Gasteiger partial charge in [0.25, 0.3) is 0 Å². The zero-order chi connectivity index (χ0) is 9.14. The molecule has 0 aliphatic heterocycles. The third kappa shape index (κ3) is 2.47. The summed E-state index contributed by atoms with van der Waals surface area (Å²) in [5.74, 6) is -0.793. The summed E-state index contributed by atoms with van der Waals surface area (Å²) in [6.45, 7) is 2.35. The molecule has 4 nitrogen and oxygen atoms in total. The third-order valence-corrected chi connectivity index (χ3v) is 2.50. The van der Waals surface area contributed by atoms with Crippen LogP contribution in [0.15, 0.2) is 6.20 Å². The predicted molar refractivity (Wildman–Crippen MR) is 51.9 cm³/mol. The zero-order valence-corrected chi connectivity index (χ0v) is 8.78. The number of aliphatic carboxylic acids is 1. The summed E-state index contributed by atoms with van der Waals surface area (Å²) in [5, 5.41) is 12.5. The highest BCUT2D eigenvalue weighted by molar-refractivity contribution is 14.1. The van der Waals surface area contributed by atoms with Crippen LogP contribution in [-0.4, -0.2) is 20.9 Å². The first kappa shape index (κ1) is 9.50. The van der Waals surface area contributed by atoms with Gasteiger partial charge in [0.1, 0.15) is 0 Å². The van der Waals surface area contributed by atoms with Crippen LogP contribution in [-0.2, 0) is 11.3 Å². The number of nitrogens with zero attached hydrogens (tertiary/aromatic N) is 2. The van der Waals surface area contributed by atoms with Gasteiger partial charge in [0, 0.05) is 6.20 Å². The Morgan fingerprint density at radius 1 is 1.83 bits per heavy atom. The SMILES string of the molecule is Cc1nn(CCC(=O)O)cc1I. The van der Waals surface area contributed by atoms with Crippen molar-refractivity contribution in [3.63, 3.8) is 0 Å². The van der Waals surface area contributed by atoms with Crippen LogP contribution in [0.1, 0.15) is 12.1 Å². The molecule has 0 aromatic carbocycles. The van der Waals surface area contributed by atoms with Crippen LogP contribution in [0.4, 0.5) is 0 Å². The lowest BCUT2D eigenvalue weighted by Gasteiger charge is -1.95. The highest BCUT2D eigenvalue weighted by Gasteiger charge is 2.02. The maximum atomic E-state index is 10.2. The van der Waals surface area contributed by atoms with Crippen LogP contribution >= 0.6 is 22.6 Å². The van der Waals surface area contributed by atoms with Gasteiger partial charge in [-0.05, 0) is 29.5 Å². The minimum absolute atomic E-state index is 0.122. The van der Waals surface area contributed by atoms with E-state index in [0.717, 1.165) is 9.26 Å². The van der Waals surface area contributed by atoms with E-state index in [-0.39, 0.29) is 6.42 Å². The van der Waals surface area contributed by atoms with E-state index in [2.05, 4.69) is 27.7 Å². The molecule has 1 N–H and O–H groups in total. The fraction of sp³-hybridized carbons (Fsp3) is 0.429. The van der Waals surface area contributed by atoms with Crippen molar-refractivity contribution in [3.8, 4) is 0 Å². The van der Waals surface area contributed by atoms with Crippen molar-refractivity contribution in [2.45, 2.75) is 19.9 Å². The van der Waals surface area contributed by atoms with Crippen molar-refractivity contribution in [3.05, 3.63) is 15.5 Å². The van der Waals surface area contributed by atoms with Gasteiger partial charge in [-0.2, -0.15) is 5.10 Å². The molecular weight excluding hydrogens is 271 g/mol.